The highest BCUT2D eigenvalue weighted by molar-refractivity contribution is 7.15. The Morgan fingerprint density at radius 2 is 1.48 bits per heavy atom. The summed E-state index contributed by atoms with van der Waals surface area (Å²) in [6.07, 6.45) is 1.35. The number of nitrogens with two attached hydrogens (primary N) is 1. The van der Waals surface area contributed by atoms with Gasteiger partial charge < -0.3 is 5.73 Å². The van der Waals surface area contributed by atoms with Crippen molar-refractivity contribution >= 4 is 16.5 Å². The number of rotatable bonds is 3. The van der Waals surface area contributed by atoms with Crippen molar-refractivity contribution in [2.24, 2.45) is 0 Å². The molecule has 0 radical (unpaired) electrons. The van der Waals surface area contributed by atoms with Gasteiger partial charge in [-0.2, -0.15) is 0 Å². The van der Waals surface area contributed by atoms with Crippen LogP contribution >= 0.6 is 11.3 Å². The second kappa shape index (κ2) is 4.94. The lowest BCUT2D eigenvalue weighted by Crippen LogP contribution is -2.07. The van der Waals surface area contributed by atoms with Gasteiger partial charge in [-0.15, -0.1) is 11.3 Å². The average Bonchev–Trinajstić information content (AvgIpc) is 3.23. The molecule has 112 valence electrons. The molecule has 2 aromatic rings. The zero-order chi connectivity index (χ0) is 15.3. The Morgan fingerprint density at radius 3 is 2.00 bits per heavy atom. The lowest BCUT2D eigenvalue weighted by atomic mass is 10.1. The summed E-state index contributed by atoms with van der Waals surface area (Å²) in [6, 6.07) is 0. The molecule has 0 bridgehead atoms. The molecule has 0 atom stereocenters. The number of thiazole rings is 1. The molecule has 1 saturated carbocycles. The molecule has 8 heteroatoms. The number of halogens is 5. The molecule has 2 N–H and O–H groups in total. The molecule has 0 saturated heterocycles. The predicted octanol–water partition coefficient (Wildman–Crippen LogP) is 3.89. The number of nitrogens with zero attached hydrogens (tertiary/aromatic N) is 1. The van der Waals surface area contributed by atoms with Crippen molar-refractivity contribution in [3.8, 4) is 0 Å². The van der Waals surface area contributed by atoms with Crippen LogP contribution in [0.4, 0.5) is 27.1 Å². The van der Waals surface area contributed by atoms with Crippen molar-refractivity contribution in [3.05, 3.63) is 45.2 Å². The number of anilines is 1. The van der Waals surface area contributed by atoms with Gasteiger partial charge in [-0.3, -0.25) is 0 Å². The van der Waals surface area contributed by atoms with Crippen LogP contribution in [0.25, 0.3) is 0 Å². The summed E-state index contributed by atoms with van der Waals surface area (Å²) in [5.74, 6) is -9.47. The van der Waals surface area contributed by atoms with Crippen molar-refractivity contribution < 1.29 is 22.0 Å². The van der Waals surface area contributed by atoms with Crippen LogP contribution < -0.4 is 5.73 Å². The van der Waals surface area contributed by atoms with E-state index in [2.05, 4.69) is 4.98 Å². The van der Waals surface area contributed by atoms with Crippen LogP contribution in [0, 0.1) is 29.1 Å². The number of aromatic nitrogens is 1. The van der Waals surface area contributed by atoms with Crippen LogP contribution in [0.1, 0.15) is 34.9 Å². The van der Waals surface area contributed by atoms with Crippen LogP contribution in [-0.4, -0.2) is 4.98 Å². The lowest BCUT2D eigenvalue weighted by molar-refractivity contribution is 0.371. The van der Waals surface area contributed by atoms with Crippen molar-refractivity contribution in [2.75, 3.05) is 5.73 Å². The normalized spacial score (nSPS) is 14.7. The van der Waals surface area contributed by atoms with Gasteiger partial charge in [-0.1, -0.05) is 0 Å². The Hall–Kier alpha value is -1.70. The molecule has 1 aromatic heterocycles. The number of hydrogen-bond acceptors (Lipinski definition) is 3. The van der Waals surface area contributed by atoms with Crippen LogP contribution in [0.2, 0.25) is 0 Å². The van der Waals surface area contributed by atoms with E-state index in [1.807, 2.05) is 0 Å². The smallest absolute Gasteiger partial charge is 0.200 e. The van der Waals surface area contributed by atoms with E-state index >= 15 is 0 Å². The van der Waals surface area contributed by atoms with E-state index in [-0.39, 0.29) is 11.0 Å². The van der Waals surface area contributed by atoms with Crippen molar-refractivity contribution in [1.29, 1.82) is 0 Å². The fraction of sp³-hybridized carbons (Fsp3) is 0.308. The first-order chi connectivity index (χ1) is 9.90. The summed E-state index contributed by atoms with van der Waals surface area (Å²) >= 11 is 1.01. The predicted molar refractivity (Wildman–Crippen MR) is 67.5 cm³/mol. The van der Waals surface area contributed by atoms with Gasteiger partial charge in [0.15, 0.2) is 28.4 Å². The minimum Gasteiger partial charge on any atom is -0.375 e. The first-order valence-electron chi connectivity index (χ1n) is 6.15. The highest BCUT2D eigenvalue weighted by Gasteiger charge is 2.31. The standard InChI is InChI=1S/C13H9F5N2S/c14-7-5(8(15)10(17)11(18)9(7)16)3-6-12(4-1-2-4)20-13(19)21-6/h4H,1-3H2,(H2,19,20). The molecule has 1 aromatic carbocycles. The summed E-state index contributed by atoms with van der Waals surface area (Å²) in [7, 11) is 0. The van der Waals surface area contributed by atoms with Crippen molar-refractivity contribution in [3.63, 3.8) is 0 Å². The van der Waals surface area contributed by atoms with Crippen molar-refractivity contribution in [2.45, 2.75) is 25.2 Å². The first kappa shape index (κ1) is 14.2. The maximum atomic E-state index is 13.7. The second-order valence-electron chi connectivity index (χ2n) is 4.86. The summed E-state index contributed by atoms with van der Waals surface area (Å²) in [5.41, 5.74) is 5.32. The van der Waals surface area contributed by atoms with Crippen LogP contribution in [0.5, 0.6) is 0 Å². The highest BCUT2D eigenvalue weighted by Crippen LogP contribution is 2.44. The highest BCUT2D eigenvalue weighted by atomic mass is 32.1. The van der Waals surface area contributed by atoms with E-state index in [1.165, 1.54) is 0 Å². The SMILES string of the molecule is Nc1nc(C2CC2)c(Cc2c(F)c(F)c(F)c(F)c2F)s1. The second-order valence-corrected chi connectivity index (χ2v) is 5.98. The van der Waals surface area contributed by atoms with Gasteiger partial charge in [0, 0.05) is 22.8 Å². The number of hydrogen-bond donors (Lipinski definition) is 1. The minimum atomic E-state index is -2.15. The molecule has 21 heavy (non-hydrogen) atoms. The maximum absolute atomic E-state index is 13.7. The summed E-state index contributed by atoms with van der Waals surface area (Å²) in [5, 5.41) is 0.218. The Bertz CT molecular complexity index is 695. The third-order valence-electron chi connectivity index (χ3n) is 3.35. The van der Waals surface area contributed by atoms with Gasteiger partial charge in [0.2, 0.25) is 5.82 Å². The van der Waals surface area contributed by atoms with E-state index in [1.54, 1.807) is 0 Å². The molecule has 3 rings (SSSR count). The van der Waals surface area contributed by atoms with Gasteiger partial charge in [0.05, 0.1) is 5.69 Å². The third kappa shape index (κ3) is 2.37. The summed E-state index contributed by atoms with van der Waals surface area (Å²) in [6.45, 7) is 0. The Labute approximate surface area is 120 Å². The molecule has 0 aliphatic heterocycles. The third-order valence-corrected chi connectivity index (χ3v) is 4.25. The molecule has 0 unspecified atom stereocenters. The molecule has 1 heterocycles. The molecular weight excluding hydrogens is 311 g/mol. The summed E-state index contributed by atoms with van der Waals surface area (Å²) < 4.78 is 66.7. The Balaban J connectivity index is 2.06. The van der Waals surface area contributed by atoms with Gasteiger partial charge in [-0.05, 0) is 12.8 Å². The molecule has 2 nitrogen and oxygen atoms in total. The maximum Gasteiger partial charge on any atom is 0.200 e. The average molecular weight is 320 g/mol. The largest absolute Gasteiger partial charge is 0.375 e. The molecule has 1 fully saturated rings. The molecular formula is C13H9F5N2S. The Kier molecular flexibility index (Phi) is 3.35. The molecule has 0 amide bonds. The fourth-order valence-corrected chi connectivity index (χ4v) is 3.08. The van der Waals surface area contributed by atoms with Crippen LogP contribution in [0.3, 0.4) is 0 Å². The van der Waals surface area contributed by atoms with Crippen LogP contribution in [0.15, 0.2) is 0 Å². The van der Waals surface area contributed by atoms with Gasteiger partial charge in [0.25, 0.3) is 0 Å². The summed E-state index contributed by atoms with van der Waals surface area (Å²) in [4.78, 5) is 4.52. The Morgan fingerprint density at radius 1 is 0.952 bits per heavy atom. The van der Waals surface area contributed by atoms with Crippen molar-refractivity contribution in [1.82, 2.24) is 4.98 Å². The number of nitrogen functional groups attached to an aromatic ring is 1. The van der Waals surface area contributed by atoms with E-state index in [9.17, 15) is 22.0 Å². The van der Waals surface area contributed by atoms with E-state index in [0.717, 1.165) is 24.2 Å². The molecule has 1 aliphatic carbocycles. The first-order valence-corrected chi connectivity index (χ1v) is 6.97. The van der Waals surface area contributed by atoms with E-state index < -0.39 is 41.1 Å². The van der Waals surface area contributed by atoms with Crippen LogP contribution in [-0.2, 0) is 6.42 Å². The minimum absolute atomic E-state index is 0.162. The van der Waals surface area contributed by atoms with E-state index in [0.29, 0.717) is 10.6 Å². The van der Waals surface area contributed by atoms with Gasteiger partial charge in [0.1, 0.15) is 0 Å². The quantitative estimate of drug-likeness (QED) is 0.529. The topological polar surface area (TPSA) is 38.9 Å². The lowest BCUT2D eigenvalue weighted by Gasteiger charge is -2.08. The number of benzene rings is 1. The van der Waals surface area contributed by atoms with Gasteiger partial charge >= 0.3 is 0 Å². The zero-order valence-corrected chi connectivity index (χ0v) is 11.3. The van der Waals surface area contributed by atoms with E-state index in [4.69, 9.17) is 5.73 Å². The monoisotopic (exact) mass is 320 g/mol. The molecule has 1 aliphatic rings. The molecule has 0 spiro atoms. The fourth-order valence-electron chi connectivity index (χ4n) is 2.15. The van der Waals surface area contributed by atoms with Gasteiger partial charge in [-0.25, -0.2) is 26.9 Å². The zero-order valence-electron chi connectivity index (χ0n) is 10.5.